The molecule has 0 bridgehead atoms. The molecule has 0 saturated carbocycles. The van der Waals surface area contributed by atoms with Crippen LogP contribution < -0.4 is 9.47 Å². The smallest absolute Gasteiger partial charge is 0.344 e. The third-order valence-electron chi connectivity index (χ3n) is 3.92. The second-order valence-electron chi connectivity index (χ2n) is 5.88. The summed E-state index contributed by atoms with van der Waals surface area (Å²) in [6.45, 7) is 3.52. The molecule has 0 fully saturated rings. The molecule has 0 N–H and O–H groups in total. The molecule has 0 atom stereocenters. The number of ether oxygens (including phenoxy) is 3. The number of hydrogen-bond donors (Lipinski definition) is 0. The fraction of sp³-hybridized carbons (Fsp3) is 0.250. The Labute approximate surface area is 156 Å². The number of carbonyl (C=O) groups excluding carboxylic acids is 1. The fourth-order valence-electron chi connectivity index (χ4n) is 2.59. The molecule has 1 heterocycles. The number of hydrogen-bond acceptors (Lipinski definition) is 7. The van der Waals surface area contributed by atoms with E-state index in [1.165, 1.54) is 0 Å². The fourth-order valence-corrected chi connectivity index (χ4v) is 2.59. The zero-order chi connectivity index (χ0) is 19.2. The molecule has 3 rings (SSSR count). The number of para-hydroxylation sites is 2. The molecule has 0 spiro atoms. The maximum atomic E-state index is 11.9. The number of rotatable bonds is 7. The highest BCUT2D eigenvalue weighted by atomic mass is 16.6. The second kappa shape index (κ2) is 8.35. The van der Waals surface area contributed by atoms with Crippen LogP contribution in [0.25, 0.3) is 11.4 Å². The lowest BCUT2D eigenvalue weighted by molar-refractivity contribution is -0.148. The molecule has 0 aliphatic rings. The molecule has 0 unspecified atom stereocenters. The van der Waals surface area contributed by atoms with Gasteiger partial charge in [-0.3, -0.25) is 0 Å². The number of methoxy groups -OCH3 is 1. The SMILES string of the molecule is COc1ccccc1-c1noc(COC(=O)COc2c(C)cccc2C)n1. The lowest BCUT2D eigenvalue weighted by Crippen LogP contribution is -2.15. The van der Waals surface area contributed by atoms with Crippen molar-refractivity contribution in [2.24, 2.45) is 0 Å². The third kappa shape index (κ3) is 4.44. The predicted molar refractivity (Wildman–Crippen MR) is 97.5 cm³/mol. The average molecular weight is 368 g/mol. The highest BCUT2D eigenvalue weighted by molar-refractivity contribution is 5.71. The summed E-state index contributed by atoms with van der Waals surface area (Å²) < 4.78 is 21.1. The standard InChI is InChI=1S/C20H20N2O5/c1-13-7-6-8-14(2)19(13)26-12-18(23)25-11-17-21-20(22-27-17)15-9-4-5-10-16(15)24-3/h4-10H,11-12H2,1-3H3. The largest absolute Gasteiger partial charge is 0.496 e. The van der Waals surface area contributed by atoms with E-state index in [-0.39, 0.29) is 19.1 Å². The molecule has 27 heavy (non-hydrogen) atoms. The van der Waals surface area contributed by atoms with Gasteiger partial charge in [0, 0.05) is 0 Å². The Hall–Kier alpha value is -3.35. The minimum atomic E-state index is -0.519. The molecule has 0 aliphatic heterocycles. The van der Waals surface area contributed by atoms with Gasteiger partial charge in [0.05, 0.1) is 12.7 Å². The first-order chi connectivity index (χ1) is 13.1. The summed E-state index contributed by atoms with van der Waals surface area (Å²) in [6, 6.07) is 13.1. The van der Waals surface area contributed by atoms with Gasteiger partial charge in [0.25, 0.3) is 5.89 Å². The van der Waals surface area contributed by atoms with Gasteiger partial charge in [0.15, 0.2) is 13.2 Å². The van der Waals surface area contributed by atoms with E-state index in [0.29, 0.717) is 22.9 Å². The molecule has 7 nitrogen and oxygen atoms in total. The number of nitrogens with zero attached hydrogens (tertiary/aromatic N) is 2. The van der Waals surface area contributed by atoms with Gasteiger partial charge in [0.1, 0.15) is 11.5 Å². The topological polar surface area (TPSA) is 83.7 Å². The van der Waals surface area contributed by atoms with Gasteiger partial charge < -0.3 is 18.7 Å². The van der Waals surface area contributed by atoms with Crippen molar-refractivity contribution in [2.45, 2.75) is 20.5 Å². The molecular formula is C20H20N2O5. The molecule has 0 aliphatic carbocycles. The van der Waals surface area contributed by atoms with Gasteiger partial charge in [-0.1, -0.05) is 35.5 Å². The predicted octanol–water partition coefficient (Wildman–Crippen LogP) is 3.48. The summed E-state index contributed by atoms with van der Waals surface area (Å²) in [5.74, 6) is 1.35. The van der Waals surface area contributed by atoms with E-state index >= 15 is 0 Å². The summed E-state index contributed by atoms with van der Waals surface area (Å²) in [4.78, 5) is 16.2. The minimum Gasteiger partial charge on any atom is -0.496 e. The molecule has 0 saturated heterocycles. The van der Waals surface area contributed by atoms with Crippen molar-refractivity contribution >= 4 is 5.97 Å². The van der Waals surface area contributed by atoms with Gasteiger partial charge in [-0.25, -0.2) is 4.79 Å². The van der Waals surface area contributed by atoms with Crippen LogP contribution in [-0.2, 0) is 16.1 Å². The summed E-state index contributed by atoms with van der Waals surface area (Å²) in [5.41, 5.74) is 2.61. The van der Waals surface area contributed by atoms with Crippen molar-refractivity contribution in [3.63, 3.8) is 0 Å². The lowest BCUT2D eigenvalue weighted by Gasteiger charge is -2.10. The summed E-state index contributed by atoms with van der Waals surface area (Å²) >= 11 is 0. The van der Waals surface area contributed by atoms with E-state index in [1.807, 2.05) is 50.2 Å². The Bertz CT molecular complexity index is 915. The van der Waals surface area contributed by atoms with E-state index in [9.17, 15) is 4.79 Å². The highest BCUT2D eigenvalue weighted by Gasteiger charge is 2.15. The zero-order valence-electron chi connectivity index (χ0n) is 15.4. The minimum absolute atomic E-state index is 0.128. The van der Waals surface area contributed by atoms with E-state index in [0.717, 1.165) is 11.1 Å². The third-order valence-corrected chi connectivity index (χ3v) is 3.92. The second-order valence-corrected chi connectivity index (χ2v) is 5.88. The van der Waals surface area contributed by atoms with Crippen LogP contribution in [0.4, 0.5) is 0 Å². The van der Waals surface area contributed by atoms with Crippen molar-refractivity contribution in [1.82, 2.24) is 10.1 Å². The Morgan fingerprint density at radius 3 is 2.56 bits per heavy atom. The van der Waals surface area contributed by atoms with Crippen LogP contribution in [-0.4, -0.2) is 29.8 Å². The van der Waals surface area contributed by atoms with Crippen LogP contribution in [0.2, 0.25) is 0 Å². The molecular weight excluding hydrogens is 348 g/mol. The van der Waals surface area contributed by atoms with Crippen LogP contribution in [0.3, 0.4) is 0 Å². The molecule has 0 amide bonds. The summed E-state index contributed by atoms with van der Waals surface area (Å²) in [6.07, 6.45) is 0. The van der Waals surface area contributed by atoms with Crippen molar-refractivity contribution < 1.29 is 23.5 Å². The molecule has 1 aromatic heterocycles. The molecule has 2 aromatic carbocycles. The Morgan fingerprint density at radius 2 is 1.81 bits per heavy atom. The maximum Gasteiger partial charge on any atom is 0.344 e. The summed E-state index contributed by atoms with van der Waals surface area (Å²) in [7, 11) is 1.57. The van der Waals surface area contributed by atoms with E-state index in [4.69, 9.17) is 18.7 Å². The Kier molecular flexibility index (Phi) is 5.71. The first kappa shape index (κ1) is 18.4. The number of aryl methyl sites for hydroxylation is 2. The van der Waals surface area contributed by atoms with Crippen LogP contribution in [0.5, 0.6) is 11.5 Å². The highest BCUT2D eigenvalue weighted by Crippen LogP contribution is 2.27. The Balaban J connectivity index is 1.56. The quantitative estimate of drug-likeness (QED) is 0.590. The van der Waals surface area contributed by atoms with E-state index < -0.39 is 5.97 Å². The average Bonchev–Trinajstić information content (AvgIpc) is 3.15. The van der Waals surface area contributed by atoms with Crippen LogP contribution in [0.1, 0.15) is 17.0 Å². The molecule has 7 heteroatoms. The van der Waals surface area contributed by atoms with E-state index in [2.05, 4.69) is 10.1 Å². The van der Waals surface area contributed by atoms with Gasteiger partial charge >= 0.3 is 5.97 Å². The Morgan fingerprint density at radius 1 is 1.07 bits per heavy atom. The van der Waals surface area contributed by atoms with Crippen molar-refractivity contribution in [3.8, 4) is 22.9 Å². The van der Waals surface area contributed by atoms with Crippen LogP contribution in [0, 0.1) is 13.8 Å². The van der Waals surface area contributed by atoms with E-state index in [1.54, 1.807) is 13.2 Å². The first-order valence-electron chi connectivity index (χ1n) is 8.39. The van der Waals surface area contributed by atoms with Gasteiger partial charge in [-0.2, -0.15) is 4.98 Å². The first-order valence-corrected chi connectivity index (χ1v) is 8.39. The summed E-state index contributed by atoms with van der Waals surface area (Å²) in [5, 5.41) is 3.90. The van der Waals surface area contributed by atoms with Crippen LogP contribution >= 0.6 is 0 Å². The van der Waals surface area contributed by atoms with Crippen LogP contribution in [0.15, 0.2) is 47.0 Å². The molecule has 140 valence electrons. The lowest BCUT2D eigenvalue weighted by atomic mass is 10.1. The monoisotopic (exact) mass is 368 g/mol. The van der Waals surface area contributed by atoms with Crippen molar-refractivity contribution in [3.05, 3.63) is 59.5 Å². The maximum absolute atomic E-state index is 11.9. The molecule has 3 aromatic rings. The number of carbonyl (C=O) groups is 1. The van der Waals surface area contributed by atoms with Gasteiger partial charge in [0.2, 0.25) is 5.82 Å². The molecule has 0 radical (unpaired) electrons. The van der Waals surface area contributed by atoms with Gasteiger partial charge in [-0.05, 0) is 37.1 Å². The number of benzene rings is 2. The zero-order valence-corrected chi connectivity index (χ0v) is 15.4. The van der Waals surface area contributed by atoms with Crippen molar-refractivity contribution in [2.75, 3.05) is 13.7 Å². The van der Waals surface area contributed by atoms with Gasteiger partial charge in [-0.15, -0.1) is 0 Å². The number of esters is 1. The normalized spacial score (nSPS) is 10.5. The number of aromatic nitrogens is 2. The van der Waals surface area contributed by atoms with Crippen molar-refractivity contribution in [1.29, 1.82) is 0 Å².